The number of carbonyl (C=O) groups is 1. The zero-order valence-electron chi connectivity index (χ0n) is 10.1. The number of nitro benzene ring substituents is 1. The van der Waals surface area contributed by atoms with Gasteiger partial charge in [-0.05, 0) is 18.6 Å². The van der Waals surface area contributed by atoms with E-state index in [2.05, 4.69) is 10.3 Å². The molecule has 1 aromatic heterocycles. The number of fused-ring (bicyclic) bond motifs is 1. The second-order valence-electron chi connectivity index (χ2n) is 3.99. The van der Waals surface area contributed by atoms with Gasteiger partial charge < -0.3 is 10.4 Å². The fraction of sp³-hybridized carbons (Fsp3) is 0.167. The van der Waals surface area contributed by atoms with Gasteiger partial charge in [-0.3, -0.25) is 14.9 Å². The number of rotatable bonds is 4. The van der Waals surface area contributed by atoms with Crippen LogP contribution in [0.2, 0.25) is 0 Å². The molecule has 0 amide bonds. The van der Waals surface area contributed by atoms with E-state index in [1.54, 1.807) is 19.1 Å². The van der Waals surface area contributed by atoms with Crippen molar-refractivity contribution in [2.24, 2.45) is 0 Å². The maximum Gasteiger partial charge on any atom is 0.322 e. The molecule has 7 heteroatoms. The summed E-state index contributed by atoms with van der Waals surface area (Å²) in [6.45, 7) is 1.49. The highest BCUT2D eigenvalue weighted by molar-refractivity contribution is 6.00. The van der Waals surface area contributed by atoms with Gasteiger partial charge in [-0.1, -0.05) is 6.07 Å². The van der Waals surface area contributed by atoms with Crippen LogP contribution in [-0.4, -0.2) is 27.5 Å². The van der Waals surface area contributed by atoms with Crippen molar-refractivity contribution in [1.82, 2.24) is 4.98 Å². The average Bonchev–Trinajstić information content (AvgIpc) is 2.36. The lowest BCUT2D eigenvalue weighted by atomic mass is 10.1. The van der Waals surface area contributed by atoms with Crippen LogP contribution in [-0.2, 0) is 4.79 Å². The molecule has 2 N–H and O–H groups in total. The molecule has 2 rings (SSSR count). The number of non-ortho nitro benzene ring substituents is 1. The molecule has 98 valence electrons. The van der Waals surface area contributed by atoms with E-state index in [9.17, 15) is 14.9 Å². The minimum Gasteiger partial charge on any atom is -0.480 e. The summed E-state index contributed by atoms with van der Waals surface area (Å²) in [4.78, 5) is 25.1. The predicted molar refractivity (Wildman–Crippen MR) is 69.3 cm³/mol. The quantitative estimate of drug-likeness (QED) is 0.643. The van der Waals surface area contributed by atoms with Gasteiger partial charge in [0, 0.05) is 17.6 Å². The van der Waals surface area contributed by atoms with Gasteiger partial charge in [0.15, 0.2) is 0 Å². The second kappa shape index (κ2) is 4.89. The van der Waals surface area contributed by atoms with Gasteiger partial charge in [0.05, 0.1) is 10.3 Å². The number of carboxylic acids is 1. The minimum absolute atomic E-state index is 0.0265. The summed E-state index contributed by atoms with van der Waals surface area (Å²) in [7, 11) is 0. The van der Waals surface area contributed by atoms with Gasteiger partial charge in [0.25, 0.3) is 5.69 Å². The van der Waals surface area contributed by atoms with Gasteiger partial charge >= 0.3 is 5.97 Å². The fourth-order valence-corrected chi connectivity index (χ4v) is 1.90. The van der Waals surface area contributed by atoms with E-state index in [0.29, 0.717) is 16.6 Å². The zero-order valence-corrected chi connectivity index (χ0v) is 10.1. The summed E-state index contributed by atoms with van der Waals surface area (Å²) in [6, 6.07) is 4.60. The van der Waals surface area contributed by atoms with Gasteiger partial charge in [0.1, 0.15) is 12.4 Å². The predicted octanol–water partition coefficient (Wildman–Crippen LogP) is 1.95. The number of aromatic nitrogens is 1. The van der Waals surface area contributed by atoms with Crippen molar-refractivity contribution in [3.8, 4) is 0 Å². The van der Waals surface area contributed by atoms with E-state index < -0.39 is 10.9 Å². The summed E-state index contributed by atoms with van der Waals surface area (Å²) in [6.07, 6.45) is 1.42. The smallest absolute Gasteiger partial charge is 0.322 e. The lowest BCUT2D eigenvalue weighted by molar-refractivity contribution is -0.383. The van der Waals surface area contributed by atoms with Crippen molar-refractivity contribution < 1.29 is 14.8 Å². The SMILES string of the molecule is Cc1ccc([N+](=O)[O-])c2ccnc(NCC(=O)O)c12. The topological polar surface area (TPSA) is 105 Å². The molecule has 0 fully saturated rings. The van der Waals surface area contributed by atoms with Crippen LogP contribution in [0, 0.1) is 17.0 Å². The van der Waals surface area contributed by atoms with Crippen molar-refractivity contribution in [2.45, 2.75) is 6.92 Å². The number of nitro groups is 1. The molecule has 0 saturated heterocycles. The standard InChI is InChI=1S/C12H11N3O4/c1-7-2-3-9(15(18)19)8-4-5-13-12(11(7)8)14-6-10(16)17/h2-5H,6H2,1H3,(H,13,14)(H,16,17). The lowest BCUT2D eigenvalue weighted by Gasteiger charge is -2.09. The lowest BCUT2D eigenvalue weighted by Crippen LogP contribution is -2.13. The Morgan fingerprint density at radius 2 is 2.21 bits per heavy atom. The van der Waals surface area contributed by atoms with Crippen LogP contribution in [0.4, 0.5) is 11.5 Å². The summed E-state index contributed by atoms with van der Waals surface area (Å²) in [5, 5.41) is 23.3. The Morgan fingerprint density at radius 3 is 2.84 bits per heavy atom. The Morgan fingerprint density at radius 1 is 1.47 bits per heavy atom. The summed E-state index contributed by atoms with van der Waals surface area (Å²) < 4.78 is 0. The molecule has 0 aliphatic heterocycles. The number of benzene rings is 1. The molecule has 1 heterocycles. The Labute approximate surface area is 108 Å². The molecule has 2 aromatic rings. The van der Waals surface area contributed by atoms with E-state index in [-0.39, 0.29) is 12.2 Å². The van der Waals surface area contributed by atoms with E-state index >= 15 is 0 Å². The molecule has 19 heavy (non-hydrogen) atoms. The number of carboxylic acid groups (broad SMARTS) is 1. The monoisotopic (exact) mass is 261 g/mol. The number of anilines is 1. The zero-order chi connectivity index (χ0) is 14.0. The number of pyridine rings is 1. The van der Waals surface area contributed by atoms with Crippen molar-refractivity contribution in [3.05, 3.63) is 40.1 Å². The van der Waals surface area contributed by atoms with Crippen LogP contribution in [0.15, 0.2) is 24.4 Å². The van der Waals surface area contributed by atoms with E-state index in [1.807, 2.05) is 0 Å². The summed E-state index contributed by atoms with van der Waals surface area (Å²) >= 11 is 0. The second-order valence-corrected chi connectivity index (χ2v) is 3.99. The largest absolute Gasteiger partial charge is 0.480 e. The Kier molecular flexibility index (Phi) is 3.28. The number of hydrogen-bond acceptors (Lipinski definition) is 5. The molecule has 0 saturated carbocycles. The third-order valence-electron chi connectivity index (χ3n) is 2.72. The Hall–Kier alpha value is -2.70. The fourth-order valence-electron chi connectivity index (χ4n) is 1.90. The molecule has 0 aliphatic carbocycles. The van der Waals surface area contributed by atoms with Crippen molar-refractivity contribution >= 4 is 28.2 Å². The first-order chi connectivity index (χ1) is 9.00. The highest BCUT2D eigenvalue weighted by atomic mass is 16.6. The maximum absolute atomic E-state index is 11.0. The number of aliphatic carboxylic acids is 1. The van der Waals surface area contributed by atoms with Crippen LogP contribution in [0.5, 0.6) is 0 Å². The summed E-state index contributed by atoms with van der Waals surface area (Å²) in [5.41, 5.74) is 0.767. The van der Waals surface area contributed by atoms with Gasteiger partial charge in [-0.15, -0.1) is 0 Å². The van der Waals surface area contributed by atoms with E-state index in [1.165, 1.54) is 12.3 Å². The molecule has 0 bridgehead atoms. The van der Waals surface area contributed by atoms with E-state index in [0.717, 1.165) is 5.56 Å². The Balaban J connectivity index is 2.63. The number of nitrogens with zero attached hydrogens (tertiary/aromatic N) is 2. The van der Waals surface area contributed by atoms with Gasteiger partial charge in [-0.25, -0.2) is 4.98 Å². The first-order valence-electron chi connectivity index (χ1n) is 5.49. The van der Waals surface area contributed by atoms with Crippen LogP contribution >= 0.6 is 0 Å². The van der Waals surface area contributed by atoms with Crippen LogP contribution in [0.1, 0.15) is 5.56 Å². The maximum atomic E-state index is 11.0. The normalized spacial score (nSPS) is 10.4. The van der Waals surface area contributed by atoms with E-state index in [4.69, 9.17) is 5.11 Å². The molecule has 0 unspecified atom stereocenters. The highest BCUT2D eigenvalue weighted by Gasteiger charge is 2.16. The molecule has 1 aromatic carbocycles. The molecule has 0 spiro atoms. The van der Waals surface area contributed by atoms with Crippen LogP contribution < -0.4 is 5.32 Å². The molecule has 0 aliphatic rings. The molecule has 0 atom stereocenters. The molecular formula is C12H11N3O4. The third kappa shape index (κ3) is 2.44. The summed E-state index contributed by atoms with van der Waals surface area (Å²) in [5.74, 6) is -0.692. The van der Waals surface area contributed by atoms with Crippen molar-refractivity contribution in [1.29, 1.82) is 0 Å². The number of aryl methyl sites for hydroxylation is 1. The van der Waals surface area contributed by atoms with Crippen molar-refractivity contribution in [3.63, 3.8) is 0 Å². The third-order valence-corrected chi connectivity index (χ3v) is 2.72. The minimum atomic E-state index is -1.03. The highest BCUT2D eigenvalue weighted by Crippen LogP contribution is 2.31. The van der Waals surface area contributed by atoms with Crippen LogP contribution in [0.25, 0.3) is 10.8 Å². The van der Waals surface area contributed by atoms with Crippen molar-refractivity contribution in [2.75, 3.05) is 11.9 Å². The molecule has 7 nitrogen and oxygen atoms in total. The Bertz CT molecular complexity index is 669. The number of hydrogen-bond donors (Lipinski definition) is 2. The first kappa shape index (κ1) is 12.7. The molecular weight excluding hydrogens is 250 g/mol. The number of nitrogens with one attached hydrogen (secondary N) is 1. The van der Waals surface area contributed by atoms with Gasteiger partial charge in [0.2, 0.25) is 0 Å². The van der Waals surface area contributed by atoms with Gasteiger partial charge in [-0.2, -0.15) is 0 Å². The van der Waals surface area contributed by atoms with Crippen LogP contribution in [0.3, 0.4) is 0 Å². The average molecular weight is 261 g/mol. The molecule has 0 radical (unpaired) electrons. The first-order valence-corrected chi connectivity index (χ1v) is 5.49.